The Labute approximate surface area is 145 Å². The molecule has 0 aliphatic heterocycles. The van der Waals surface area contributed by atoms with Crippen molar-refractivity contribution in [2.24, 2.45) is 0 Å². The normalized spacial score (nSPS) is 17.4. The quantitative estimate of drug-likeness (QED) is 0.619. The zero-order valence-corrected chi connectivity index (χ0v) is 14.3. The summed E-state index contributed by atoms with van der Waals surface area (Å²) in [4.78, 5) is 0. The van der Waals surface area contributed by atoms with Crippen LogP contribution in [0.1, 0.15) is 11.1 Å². The Balaban J connectivity index is 0.000000269. The van der Waals surface area contributed by atoms with Crippen LogP contribution in [0, 0.1) is 78.1 Å². The third-order valence-corrected chi connectivity index (χ3v) is 2.71. The Bertz CT molecular complexity index is 276. The van der Waals surface area contributed by atoms with E-state index in [9.17, 15) is 0 Å². The van der Waals surface area contributed by atoms with Crippen molar-refractivity contribution in [1.82, 2.24) is 0 Å². The van der Waals surface area contributed by atoms with Gasteiger partial charge in [-0.2, -0.15) is 23.6 Å². The van der Waals surface area contributed by atoms with Crippen molar-refractivity contribution >= 4 is 0 Å². The molecule has 1 heteroatoms. The van der Waals surface area contributed by atoms with Gasteiger partial charge in [-0.05, 0) is 64.2 Å². The molecule has 0 spiro atoms. The molecule has 0 saturated heterocycles. The van der Waals surface area contributed by atoms with Crippen molar-refractivity contribution in [3.05, 3.63) is 113 Å². The Morgan fingerprint density at radius 2 is 1.05 bits per heavy atom. The second-order valence-corrected chi connectivity index (χ2v) is 4.03. The van der Waals surface area contributed by atoms with Crippen molar-refractivity contribution in [3.8, 4) is 0 Å². The van der Waals surface area contributed by atoms with Crippen LogP contribution >= 0.6 is 0 Å². The number of fused-ring (bicyclic) bond motifs is 1. The fourth-order valence-electron chi connectivity index (χ4n) is 1.65. The summed E-state index contributed by atoms with van der Waals surface area (Å²) < 4.78 is 0. The maximum atomic E-state index is 2.25. The zero-order valence-electron chi connectivity index (χ0n) is 11.9. The van der Waals surface area contributed by atoms with Gasteiger partial charge in [0.05, 0.1) is 0 Å². The summed E-state index contributed by atoms with van der Waals surface area (Å²) in [5.41, 5.74) is 2.92. The first kappa shape index (κ1) is 20.0. The van der Waals surface area contributed by atoms with Crippen LogP contribution < -0.4 is 0 Å². The van der Waals surface area contributed by atoms with E-state index in [1.165, 1.54) is 17.5 Å². The van der Waals surface area contributed by atoms with Crippen LogP contribution in [0.4, 0.5) is 0 Å². The van der Waals surface area contributed by atoms with E-state index in [-0.39, 0.29) is 33.6 Å². The van der Waals surface area contributed by atoms with E-state index in [4.69, 9.17) is 0 Å². The standard InChI is InChI=1S/C8H7.2C5H5.CH3.Zr/c1-2-4-8-6-5-7(8)3-1;2*1-2-4-5-3-1;;/h1-5H,6H2;2*1-5H;1H3;/q-1;;;-1;+4. The Morgan fingerprint density at radius 1 is 0.650 bits per heavy atom. The first-order valence-corrected chi connectivity index (χ1v) is 6.21. The molecule has 2 saturated carbocycles. The van der Waals surface area contributed by atoms with Crippen LogP contribution in [0.15, 0.2) is 24.3 Å². The Morgan fingerprint density at radius 3 is 1.25 bits per heavy atom. The van der Waals surface area contributed by atoms with Crippen LogP contribution in [-0.2, 0) is 32.6 Å². The maximum Gasteiger partial charge on any atom is 4.00 e. The molecule has 98 valence electrons. The zero-order chi connectivity index (χ0) is 12.5. The van der Waals surface area contributed by atoms with Crippen LogP contribution in [0.5, 0.6) is 0 Å². The average molecular weight is 340 g/mol. The molecule has 4 rings (SSSR count). The predicted molar refractivity (Wildman–Crippen MR) is 83.0 cm³/mol. The van der Waals surface area contributed by atoms with Crippen LogP contribution in [0.3, 0.4) is 0 Å². The molecule has 3 aliphatic carbocycles. The van der Waals surface area contributed by atoms with Crippen molar-refractivity contribution in [2.75, 3.05) is 0 Å². The van der Waals surface area contributed by atoms with Crippen LogP contribution in [0.2, 0.25) is 0 Å². The number of hydrogen-bond donors (Lipinski definition) is 0. The number of benzene rings is 1. The predicted octanol–water partition coefficient (Wildman–Crippen LogP) is 4.29. The van der Waals surface area contributed by atoms with Gasteiger partial charge in [0.2, 0.25) is 0 Å². The van der Waals surface area contributed by atoms with Crippen molar-refractivity contribution in [2.45, 2.75) is 6.42 Å². The molecule has 2 fully saturated rings. The molecule has 1 aromatic rings. The van der Waals surface area contributed by atoms with Gasteiger partial charge in [-0.1, -0.05) is 6.07 Å². The monoisotopic (exact) mass is 338 g/mol. The van der Waals surface area contributed by atoms with E-state index in [0.717, 1.165) is 0 Å². The summed E-state index contributed by atoms with van der Waals surface area (Å²) in [7, 11) is 0. The average Bonchev–Trinajstić information content (AvgIpc) is 3.10. The van der Waals surface area contributed by atoms with E-state index in [1.807, 2.05) is 64.2 Å². The Kier molecular flexibility index (Phi) is 12.7. The summed E-state index contributed by atoms with van der Waals surface area (Å²) >= 11 is 0. The van der Waals surface area contributed by atoms with Crippen molar-refractivity contribution < 1.29 is 26.2 Å². The van der Waals surface area contributed by atoms with Gasteiger partial charge in [0, 0.05) is 0 Å². The van der Waals surface area contributed by atoms with Gasteiger partial charge in [-0.3, -0.25) is 0 Å². The summed E-state index contributed by atoms with van der Waals surface area (Å²) in [6, 6.07) is 8.49. The SMILES string of the molecule is [CH3-].[CH]1[CH][CH][CH][CH]1.[CH]1[CH][CH][CH][CH]1.[Zr+4].c1ccc2c(c1)[CH-]C2. The summed E-state index contributed by atoms with van der Waals surface area (Å²) in [6.45, 7) is 0. The molecule has 0 aromatic heterocycles. The van der Waals surface area contributed by atoms with Gasteiger partial charge in [0.15, 0.2) is 0 Å². The first-order valence-electron chi connectivity index (χ1n) is 6.21. The molecule has 0 heterocycles. The van der Waals surface area contributed by atoms with E-state index in [0.29, 0.717) is 0 Å². The number of hydrogen-bond acceptors (Lipinski definition) is 0. The summed E-state index contributed by atoms with van der Waals surface area (Å²) in [6.07, 6.45) is 23.4. The third kappa shape index (κ3) is 7.68. The minimum absolute atomic E-state index is 0. The van der Waals surface area contributed by atoms with Gasteiger partial charge in [-0.25, -0.2) is 0 Å². The second-order valence-electron chi connectivity index (χ2n) is 4.03. The minimum Gasteiger partial charge on any atom is -0.358 e. The van der Waals surface area contributed by atoms with Crippen LogP contribution in [-0.4, -0.2) is 0 Å². The maximum absolute atomic E-state index is 2.25. The molecule has 0 unspecified atom stereocenters. The molecule has 10 radical (unpaired) electrons. The third-order valence-electron chi connectivity index (χ3n) is 2.71. The van der Waals surface area contributed by atoms with Crippen molar-refractivity contribution in [3.63, 3.8) is 0 Å². The molecule has 0 atom stereocenters. The molecular weight excluding hydrogens is 319 g/mol. The first-order chi connectivity index (χ1) is 8.97. The molecule has 20 heavy (non-hydrogen) atoms. The van der Waals surface area contributed by atoms with E-state index in [2.05, 4.69) is 30.7 Å². The molecular formula is C19H20Zr+2. The fraction of sp³-hybridized carbons (Fsp3) is 0.0526. The molecule has 0 amide bonds. The van der Waals surface area contributed by atoms with Gasteiger partial charge < -0.3 is 7.43 Å². The van der Waals surface area contributed by atoms with Crippen LogP contribution in [0.25, 0.3) is 0 Å². The smallest absolute Gasteiger partial charge is 0.358 e. The van der Waals surface area contributed by atoms with E-state index >= 15 is 0 Å². The van der Waals surface area contributed by atoms with E-state index < -0.39 is 0 Å². The largest absolute Gasteiger partial charge is 4.00 e. The van der Waals surface area contributed by atoms with Gasteiger partial charge in [0.1, 0.15) is 0 Å². The fourth-order valence-corrected chi connectivity index (χ4v) is 1.65. The van der Waals surface area contributed by atoms with Gasteiger partial charge in [0.25, 0.3) is 0 Å². The summed E-state index contributed by atoms with van der Waals surface area (Å²) in [5.74, 6) is 0. The molecule has 3 aliphatic rings. The minimum atomic E-state index is 0. The Hall–Kier alpha value is -0.0269. The van der Waals surface area contributed by atoms with Gasteiger partial charge >= 0.3 is 26.2 Å². The summed E-state index contributed by atoms with van der Waals surface area (Å²) in [5, 5.41) is 0. The van der Waals surface area contributed by atoms with E-state index in [1.54, 1.807) is 0 Å². The molecule has 0 nitrogen and oxygen atoms in total. The molecule has 1 aromatic carbocycles. The second kappa shape index (κ2) is 12.7. The number of rotatable bonds is 0. The van der Waals surface area contributed by atoms with Gasteiger partial charge in [-0.15, -0.1) is 18.6 Å². The topological polar surface area (TPSA) is 0 Å². The van der Waals surface area contributed by atoms with Crippen molar-refractivity contribution in [1.29, 1.82) is 0 Å². The molecule has 0 N–H and O–H groups in total. The molecule has 0 bridgehead atoms.